The van der Waals surface area contributed by atoms with E-state index in [0.717, 1.165) is 11.1 Å². The zero-order valence-electron chi connectivity index (χ0n) is 9.80. The monoisotopic (exact) mass is 304 g/mol. The number of hydrogen-bond acceptors (Lipinski definition) is 2. The van der Waals surface area contributed by atoms with Gasteiger partial charge in [0.05, 0.1) is 5.56 Å². The highest BCUT2D eigenvalue weighted by Gasteiger charge is 2.12. The Morgan fingerprint density at radius 2 is 1.67 bits per heavy atom. The molecule has 92 valence electrons. The van der Waals surface area contributed by atoms with E-state index in [1.54, 1.807) is 6.07 Å². The summed E-state index contributed by atoms with van der Waals surface area (Å²) in [6, 6.07) is 17.3. The van der Waals surface area contributed by atoms with Gasteiger partial charge in [0, 0.05) is 5.33 Å². The lowest BCUT2D eigenvalue weighted by molar-refractivity contribution is 0.0532. The fourth-order valence-electron chi connectivity index (χ4n) is 1.74. The highest BCUT2D eigenvalue weighted by molar-refractivity contribution is 9.09. The second kappa shape index (κ2) is 6.36. The summed E-state index contributed by atoms with van der Waals surface area (Å²) in [6.07, 6.45) is 0. The van der Waals surface area contributed by atoms with Crippen molar-refractivity contribution in [3.8, 4) is 11.1 Å². The van der Waals surface area contributed by atoms with Crippen LogP contribution < -0.4 is 0 Å². The highest BCUT2D eigenvalue weighted by Crippen LogP contribution is 2.23. The van der Waals surface area contributed by atoms with E-state index in [4.69, 9.17) is 4.74 Å². The van der Waals surface area contributed by atoms with E-state index in [1.165, 1.54) is 0 Å². The van der Waals surface area contributed by atoms with Gasteiger partial charge >= 0.3 is 5.97 Å². The van der Waals surface area contributed by atoms with Crippen LogP contribution in [0.15, 0.2) is 54.6 Å². The summed E-state index contributed by atoms with van der Waals surface area (Å²) in [5, 5.41) is 0.645. The Labute approximate surface area is 115 Å². The first-order chi connectivity index (χ1) is 8.83. The van der Waals surface area contributed by atoms with Crippen molar-refractivity contribution in [3.63, 3.8) is 0 Å². The van der Waals surface area contributed by atoms with Crippen molar-refractivity contribution < 1.29 is 9.53 Å². The van der Waals surface area contributed by atoms with Gasteiger partial charge in [-0.1, -0.05) is 64.5 Å². The van der Waals surface area contributed by atoms with E-state index in [1.807, 2.05) is 48.5 Å². The molecule has 0 aliphatic carbocycles. The summed E-state index contributed by atoms with van der Waals surface area (Å²) in [7, 11) is 0. The van der Waals surface area contributed by atoms with Crippen LogP contribution in [0, 0.1) is 0 Å². The van der Waals surface area contributed by atoms with Gasteiger partial charge in [-0.2, -0.15) is 0 Å². The van der Waals surface area contributed by atoms with Crippen LogP contribution in [-0.4, -0.2) is 17.9 Å². The van der Waals surface area contributed by atoms with Gasteiger partial charge in [0.15, 0.2) is 0 Å². The maximum Gasteiger partial charge on any atom is 0.338 e. The summed E-state index contributed by atoms with van der Waals surface area (Å²) in [6.45, 7) is 0.377. The van der Waals surface area contributed by atoms with Crippen LogP contribution in [0.1, 0.15) is 10.4 Å². The summed E-state index contributed by atoms with van der Waals surface area (Å²) in [5.41, 5.74) is 2.52. The van der Waals surface area contributed by atoms with E-state index in [-0.39, 0.29) is 5.97 Å². The van der Waals surface area contributed by atoms with Crippen LogP contribution in [0.2, 0.25) is 0 Å². The number of carbonyl (C=O) groups excluding carboxylic acids is 1. The third-order valence-corrected chi connectivity index (χ3v) is 2.87. The van der Waals surface area contributed by atoms with Crippen molar-refractivity contribution in [2.75, 3.05) is 11.9 Å². The average Bonchev–Trinajstić information content (AvgIpc) is 2.45. The number of rotatable bonds is 4. The fraction of sp³-hybridized carbons (Fsp3) is 0.133. The van der Waals surface area contributed by atoms with Crippen LogP contribution in [0.5, 0.6) is 0 Å². The Hall–Kier alpha value is -1.61. The molecule has 0 spiro atoms. The van der Waals surface area contributed by atoms with E-state index in [2.05, 4.69) is 15.9 Å². The molecule has 0 atom stereocenters. The molecular formula is C15H13BrO2. The third-order valence-electron chi connectivity index (χ3n) is 2.54. The molecule has 0 fully saturated rings. The molecule has 2 rings (SSSR count). The minimum Gasteiger partial charge on any atom is -0.461 e. The summed E-state index contributed by atoms with van der Waals surface area (Å²) >= 11 is 3.24. The van der Waals surface area contributed by atoms with E-state index >= 15 is 0 Å². The maximum absolute atomic E-state index is 12.0. The lowest BCUT2D eigenvalue weighted by atomic mass is 10.00. The minimum atomic E-state index is -0.283. The number of benzene rings is 2. The maximum atomic E-state index is 12.0. The fourth-order valence-corrected chi connectivity index (χ4v) is 1.90. The summed E-state index contributed by atoms with van der Waals surface area (Å²) in [5.74, 6) is -0.283. The van der Waals surface area contributed by atoms with Crippen LogP contribution in [0.3, 0.4) is 0 Å². The van der Waals surface area contributed by atoms with Gasteiger partial charge in [0.1, 0.15) is 6.61 Å². The van der Waals surface area contributed by atoms with Crippen LogP contribution in [0.25, 0.3) is 11.1 Å². The Morgan fingerprint density at radius 3 is 2.39 bits per heavy atom. The largest absolute Gasteiger partial charge is 0.461 e. The normalized spacial score (nSPS) is 10.1. The lowest BCUT2D eigenvalue weighted by Gasteiger charge is -2.09. The first-order valence-corrected chi connectivity index (χ1v) is 6.82. The molecule has 0 N–H and O–H groups in total. The summed E-state index contributed by atoms with van der Waals surface area (Å²) in [4.78, 5) is 12.0. The smallest absolute Gasteiger partial charge is 0.338 e. The van der Waals surface area contributed by atoms with Crippen LogP contribution >= 0.6 is 15.9 Å². The molecule has 0 aromatic heterocycles. The predicted molar refractivity (Wildman–Crippen MR) is 76.0 cm³/mol. The molecule has 3 heteroatoms. The molecule has 0 aliphatic heterocycles. The van der Waals surface area contributed by atoms with Gasteiger partial charge in [0.25, 0.3) is 0 Å². The molecule has 2 aromatic carbocycles. The van der Waals surface area contributed by atoms with Gasteiger partial charge in [-0.3, -0.25) is 0 Å². The zero-order valence-corrected chi connectivity index (χ0v) is 11.4. The Bertz CT molecular complexity index is 523. The number of hydrogen-bond donors (Lipinski definition) is 0. The molecule has 0 heterocycles. The molecule has 0 bridgehead atoms. The van der Waals surface area contributed by atoms with Gasteiger partial charge in [-0.15, -0.1) is 0 Å². The van der Waals surface area contributed by atoms with Crippen LogP contribution in [0.4, 0.5) is 0 Å². The standard InChI is InChI=1S/C15H13BrO2/c16-10-11-18-15(17)14-9-5-4-8-13(14)12-6-2-1-3-7-12/h1-9H,10-11H2. The molecule has 0 radical (unpaired) electrons. The number of carbonyl (C=O) groups is 1. The van der Waals surface area contributed by atoms with Gasteiger partial charge in [-0.25, -0.2) is 4.79 Å². The van der Waals surface area contributed by atoms with Crippen molar-refractivity contribution in [1.82, 2.24) is 0 Å². The SMILES string of the molecule is O=C(OCCBr)c1ccccc1-c1ccccc1. The highest BCUT2D eigenvalue weighted by atomic mass is 79.9. The average molecular weight is 305 g/mol. The van der Waals surface area contributed by atoms with Crippen molar-refractivity contribution in [3.05, 3.63) is 60.2 Å². The first kappa shape index (κ1) is 12.8. The zero-order chi connectivity index (χ0) is 12.8. The molecule has 2 nitrogen and oxygen atoms in total. The summed E-state index contributed by atoms with van der Waals surface area (Å²) < 4.78 is 5.15. The Kier molecular flexibility index (Phi) is 4.53. The van der Waals surface area contributed by atoms with E-state index < -0.39 is 0 Å². The second-order valence-electron chi connectivity index (χ2n) is 3.74. The van der Waals surface area contributed by atoms with E-state index in [0.29, 0.717) is 17.5 Å². The Balaban J connectivity index is 2.34. The second-order valence-corrected chi connectivity index (χ2v) is 4.53. The number of esters is 1. The molecule has 0 saturated heterocycles. The molecule has 18 heavy (non-hydrogen) atoms. The number of alkyl halides is 1. The quantitative estimate of drug-likeness (QED) is 0.632. The van der Waals surface area contributed by atoms with Gasteiger partial charge < -0.3 is 4.74 Å². The molecule has 0 unspecified atom stereocenters. The van der Waals surface area contributed by atoms with E-state index in [9.17, 15) is 4.79 Å². The molecule has 2 aromatic rings. The molecule has 0 aliphatic rings. The van der Waals surface area contributed by atoms with Gasteiger partial charge in [-0.05, 0) is 17.2 Å². The minimum absolute atomic E-state index is 0.283. The van der Waals surface area contributed by atoms with Gasteiger partial charge in [0.2, 0.25) is 0 Å². The first-order valence-electron chi connectivity index (χ1n) is 5.70. The molecular weight excluding hydrogens is 292 g/mol. The van der Waals surface area contributed by atoms with Crippen molar-refractivity contribution in [2.45, 2.75) is 0 Å². The van der Waals surface area contributed by atoms with Crippen molar-refractivity contribution in [2.24, 2.45) is 0 Å². The number of halogens is 1. The number of ether oxygens (including phenoxy) is 1. The Morgan fingerprint density at radius 1 is 1.00 bits per heavy atom. The van der Waals surface area contributed by atoms with Crippen molar-refractivity contribution in [1.29, 1.82) is 0 Å². The lowest BCUT2D eigenvalue weighted by Crippen LogP contribution is -2.08. The topological polar surface area (TPSA) is 26.3 Å². The van der Waals surface area contributed by atoms with Crippen molar-refractivity contribution >= 4 is 21.9 Å². The van der Waals surface area contributed by atoms with Crippen LogP contribution in [-0.2, 0) is 4.74 Å². The molecule has 0 amide bonds. The predicted octanol–water partition coefficient (Wildman–Crippen LogP) is 3.91. The molecule has 0 saturated carbocycles. The third kappa shape index (κ3) is 2.99.